The van der Waals surface area contributed by atoms with Crippen LogP contribution >= 0.6 is 15.9 Å². The standard InChI is InChI=1S/C13H14BrN3O2/c14-11-4-9(6-15-10-7-16-17-8-10)5-12-13(11)19-3-1-2-18-12/h4-5,7-8,15H,1-3,6H2,(H,16,17). The van der Waals surface area contributed by atoms with Gasteiger partial charge in [0, 0.05) is 19.2 Å². The number of aromatic amines is 1. The fourth-order valence-corrected chi connectivity index (χ4v) is 2.54. The monoisotopic (exact) mass is 323 g/mol. The van der Waals surface area contributed by atoms with Crippen molar-refractivity contribution >= 4 is 21.6 Å². The number of benzene rings is 1. The first kappa shape index (κ1) is 12.3. The number of anilines is 1. The minimum absolute atomic E-state index is 0.693. The summed E-state index contributed by atoms with van der Waals surface area (Å²) >= 11 is 3.54. The highest BCUT2D eigenvalue weighted by molar-refractivity contribution is 9.10. The van der Waals surface area contributed by atoms with Gasteiger partial charge in [-0.05, 0) is 33.6 Å². The summed E-state index contributed by atoms with van der Waals surface area (Å²) in [6.45, 7) is 2.09. The molecule has 2 heterocycles. The van der Waals surface area contributed by atoms with Gasteiger partial charge >= 0.3 is 0 Å². The van der Waals surface area contributed by atoms with Gasteiger partial charge in [0.25, 0.3) is 0 Å². The Hall–Kier alpha value is -1.69. The zero-order valence-electron chi connectivity index (χ0n) is 10.3. The first-order valence-corrected chi connectivity index (χ1v) is 6.93. The minimum Gasteiger partial charge on any atom is -0.490 e. The maximum Gasteiger partial charge on any atom is 0.175 e. The molecule has 3 rings (SSSR count). The predicted molar refractivity (Wildman–Crippen MR) is 75.7 cm³/mol. The molecule has 0 spiro atoms. The summed E-state index contributed by atoms with van der Waals surface area (Å²) in [6.07, 6.45) is 4.47. The van der Waals surface area contributed by atoms with Gasteiger partial charge in [0.2, 0.25) is 0 Å². The summed E-state index contributed by atoms with van der Waals surface area (Å²) in [7, 11) is 0. The average molecular weight is 324 g/mol. The van der Waals surface area contributed by atoms with Crippen LogP contribution in [0.3, 0.4) is 0 Å². The summed E-state index contributed by atoms with van der Waals surface area (Å²) in [5, 5.41) is 9.94. The van der Waals surface area contributed by atoms with E-state index in [1.807, 2.05) is 18.3 Å². The molecule has 2 aromatic rings. The van der Waals surface area contributed by atoms with E-state index in [4.69, 9.17) is 9.47 Å². The molecule has 0 aliphatic carbocycles. The molecule has 0 amide bonds. The number of rotatable bonds is 3. The number of fused-ring (bicyclic) bond motifs is 1. The molecule has 100 valence electrons. The molecule has 1 aromatic heterocycles. The van der Waals surface area contributed by atoms with Crippen molar-refractivity contribution in [3.05, 3.63) is 34.6 Å². The lowest BCUT2D eigenvalue weighted by Gasteiger charge is -2.12. The zero-order chi connectivity index (χ0) is 13.1. The lowest BCUT2D eigenvalue weighted by molar-refractivity contribution is 0.296. The second kappa shape index (κ2) is 5.52. The highest BCUT2D eigenvalue weighted by Gasteiger charge is 2.15. The summed E-state index contributed by atoms with van der Waals surface area (Å²) in [6, 6.07) is 4.05. The van der Waals surface area contributed by atoms with E-state index in [1.165, 1.54) is 0 Å². The van der Waals surface area contributed by atoms with Crippen LogP contribution < -0.4 is 14.8 Å². The van der Waals surface area contributed by atoms with Crippen LogP contribution in [0.1, 0.15) is 12.0 Å². The van der Waals surface area contributed by atoms with E-state index in [-0.39, 0.29) is 0 Å². The van der Waals surface area contributed by atoms with Gasteiger partial charge < -0.3 is 14.8 Å². The predicted octanol–water partition coefficient (Wildman–Crippen LogP) is 2.95. The molecule has 0 radical (unpaired) electrons. The van der Waals surface area contributed by atoms with Crippen molar-refractivity contribution in [2.75, 3.05) is 18.5 Å². The molecule has 0 unspecified atom stereocenters. The van der Waals surface area contributed by atoms with Gasteiger partial charge in [-0.2, -0.15) is 5.10 Å². The van der Waals surface area contributed by atoms with E-state index >= 15 is 0 Å². The van der Waals surface area contributed by atoms with Crippen molar-refractivity contribution in [1.29, 1.82) is 0 Å². The molecular weight excluding hydrogens is 310 g/mol. The molecule has 1 aromatic carbocycles. The SMILES string of the molecule is Brc1cc(CNc2cn[nH]c2)cc2c1OCCCO2. The van der Waals surface area contributed by atoms with Gasteiger partial charge in [-0.15, -0.1) is 0 Å². The van der Waals surface area contributed by atoms with Gasteiger partial charge in [0.1, 0.15) is 0 Å². The molecule has 0 fully saturated rings. The Morgan fingerprint density at radius 1 is 1.32 bits per heavy atom. The highest BCUT2D eigenvalue weighted by atomic mass is 79.9. The van der Waals surface area contributed by atoms with Crippen molar-refractivity contribution in [2.45, 2.75) is 13.0 Å². The Morgan fingerprint density at radius 2 is 2.21 bits per heavy atom. The Morgan fingerprint density at radius 3 is 3.05 bits per heavy atom. The lowest BCUT2D eigenvalue weighted by Crippen LogP contribution is -2.00. The third-order valence-electron chi connectivity index (χ3n) is 2.86. The topological polar surface area (TPSA) is 59.2 Å². The number of halogens is 1. The number of ether oxygens (including phenoxy) is 2. The van der Waals surface area contributed by atoms with E-state index in [9.17, 15) is 0 Å². The number of H-pyrrole nitrogens is 1. The highest BCUT2D eigenvalue weighted by Crippen LogP contribution is 2.38. The van der Waals surface area contributed by atoms with Crippen LogP contribution in [0.5, 0.6) is 11.5 Å². The van der Waals surface area contributed by atoms with E-state index in [2.05, 4.69) is 31.4 Å². The molecular formula is C13H14BrN3O2. The van der Waals surface area contributed by atoms with Crippen LogP contribution in [0.4, 0.5) is 5.69 Å². The van der Waals surface area contributed by atoms with Crippen molar-refractivity contribution < 1.29 is 9.47 Å². The molecule has 0 atom stereocenters. The summed E-state index contributed by atoms with van der Waals surface area (Å²) in [5.74, 6) is 1.60. The van der Waals surface area contributed by atoms with E-state index < -0.39 is 0 Å². The quantitative estimate of drug-likeness (QED) is 0.911. The summed E-state index contributed by atoms with van der Waals surface area (Å²) in [4.78, 5) is 0. The molecule has 0 saturated carbocycles. The number of hydrogen-bond acceptors (Lipinski definition) is 4. The van der Waals surface area contributed by atoms with Crippen LogP contribution in [-0.4, -0.2) is 23.4 Å². The fraction of sp³-hybridized carbons (Fsp3) is 0.308. The second-order valence-corrected chi connectivity index (χ2v) is 5.15. The van der Waals surface area contributed by atoms with E-state index in [0.717, 1.165) is 33.6 Å². The Kier molecular flexibility index (Phi) is 3.59. The molecule has 0 saturated heterocycles. The smallest absolute Gasteiger partial charge is 0.175 e. The van der Waals surface area contributed by atoms with Crippen LogP contribution in [-0.2, 0) is 6.54 Å². The molecule has 1 aliphatic heterocycles. The van der Waals surface area contributed by atoms with Gasteiger partial charge in [0.05, 0.1) is 29.6 Å². The molecule has 2 N–H and O–H groups in total. The third-order valence-corrected chi connectivity index (χ3v) is 3.45. The van der Waals surface area contributed by atoms with Crippen molar-refractivity contribution in [3.8, 4) is 11.5 Å². The van der Waals surface area contributed by atoms with E-state index in [0.29, 0.717) is 19.8 Å². The van der Waals surface area contributed by atoms with Gasteiger partial charge in [-0.3, -0.25) is 5.10 Å². The fourth-order valence-electron chi connectivity index (χ4n) is 1.94. The van der Waals surface area contributed by atoms with Gasteiger partial charge in [-0.1, -0.05) is 0 Å². The molecule has 6 heteroatoms. The van der Waals surface area contributed by atoms with Crippen molar-refractivity contribution in [3.63, 3.8) is 0 Å². The summed E-state index contributed by atoms with van der Waals surface area (Å²) < 4.78 is 12.3. The largest absolute Gasteiger partial charge is 0.490 e. The zero-order valence-corrected chi connectivity index (χ0v) is 11.9. The van der Waals surface area contributed by atoms with Gasteiger partial charge in [0.15, 0.2) is 11.5 Å². The molecule has 0 bridgehead atoms. The number of nitrogens with one attached hydrogen (secondary N) is 2. The first-order chi connectivity index (χ1) is 9.33. The normalized spacial score (nSPS) is 13.9. The lowest BCUT2D eigenvalue weighted by atomic mass is 10.2. The van der Waals surface area contributed by atoms with Crippen LogP contribution in [0.25, 0.3) is 0 Å². The molecule has 5 nitrogen and oxygen atoms in total. The molecule has 19 heavy (non-hydrogen) atoms. The summed E-state index contributed by atoms with van der Waals surface area (Å²) in [5.41, 5.74) is 2.08. The van der Waals surface area contributed by atoms with Crippen LogP contribution in [0.15, 0.2) is 29.0 Å². The number of hydrogen-bond donors (Lipinski definition) is 2. The third kappa shape index (κ3) is 2.84. The van der Waals surface area contributed by atoms with Gasteiger partial charge in [-0.25, -0.2) is 0 Å². The number of aromatic nitrogens is 2. The van der Waals surface area contributed by atoms with Crippen molar-refractivity contribution in [1.82, 2.24) is 10.2 Å². The van der Waals surface area contributed by atoms with Crippen molar-refractivity contribution in [2.24, 2.45) is 0 Å². The molecule has 1 aliphatic rings. The van der Waals surface area contributed by atoms with E-state index in [1.54, 1.807) is 6.20 Å². The minimum atomic E-state index is 0.693. The maximum absolute atomic E-state index is 5.71. The van der Waals surface area contributed by atoms with Crippen LogP contribution in [0, 0.1) is 0 Å². The average Bonchev–Trinajstić information content (AvgIpc) is 2.81. The Balaban J connectivity index is 1.79. The second-order valence-electron chi connectivity index (χ2n) is 4.30. The van der Waals surface area contributed by atoms with Crippen LogP contribution in [0.2, 0.25) is 0 Å². The Labute approximate surface area is 119 Å². The number of nitrogens with zero attached hydrogens (tertiary/aromatic N) is 1. The first-order valence-electron chi connectivity index (χ1n) is 6.13. The Bertz CT molecular complexity index is 557. The maximum atomic E-state index is 5.71.